The normalized spacial score (nSPS) is 13.6. The van der Waals surface area contributed by atoms with Crippen molar-refractivity contribution in [3.63, 3.8) is 0 Å². The maximum atomic E-state index is 10.5. The molecule has 0 aromatic carbocycles. The Morgan fingerprint density at radius 3 is 2.00 bits per heavy atom. The van der Waals surface area contributed by atoms with Gasteiger partial charge in [0.15, 0.2) is 0 Å². The first-order valence-electron chi connectivity index (χ1n) is 3.42. The van der Waals surface area contributed by atoms with Gasteiger partial charge in [0.2, 0.25) is 5.91 Å². The predicted molar refractivity (Wildman–Crippen MR) is 40.1 cm³/mol. The number of hydrogen-bond donors (Lipinski definition) is 2. The standard InChI is InChI=1S/C6H15N3O/c1-3-9(4-2)5(7)6(8)10/h5H,3-4,7H2,1-2H3,(H2,8,10). The van der Waals surface area contributed by atoms with Gasteiger partial charge in [-0.2, -0.15) is 0 Å². The van der Waals surface area contributed by atoms with E-state index in [2.05, 4.69) is 0 Å². The van der Waals surface area contributed by atoms with Crippen LogP contribution in [0.5, 0.6) is 0 Å². The number of nitrogens with zero attached hydrogens (tertiary/aromatic N) is 1. The molecule has 0 saturated heterocycles. The Kier molecular flexibility index (Phi) is 3.99. The molecule has 0 aromatic rings. The van der Waals surface area contributed by atoms with Gasteiger partial charge in [0, 0.05) is 0 Å². The fourth-order valence-electron chi connectivity index (χ4n) is 0.797. The third-order valence-corrected chi connectivity index (χ3v) is 1.50. The summed E-state index contributed by atoms with van der Waals surface area (Å²) in [6.07, 6.45) is -0.630. The van der Waals surface area contributed by atoms with Crippen molar-refractivity contribution >= 4 is 5.91 Å². The van der Waals surface area contributed by atoms with Crippen LogP contribution in [0, 0.1) is 0 Å². The van der Waals surface area contributed by atoms with Gasteiger partial charge in [-0.3, -0.25) is 9.69 Å². The zero-order valence-electron chi connectivity index (χ0n) is 6.50. The van der Waals surface area contributed by atoms with Crippen LogP contribution in [0.4, 0.5) is 0 Å². The van der Waals surface area contributed by atoms with Gasteiger partial charge in [-0.1, -0.05) is 13.8 Å². The number of rotatable bonds is 4. The summed E-state index contributed by atoms with van der Waals surface area (Å²) >= 11 is 0. The molecule has 4 nitrogen and oxygen atoms in total. The predicted octanol–water partition coefficient (Wildman–Crippen LogP) is -0.902. The van der Waals surface area contributed by atoms with Crippen LogP contribution in [-0.4, -0.2) is 30.1 Å². The number of amides is 1. The Hall–Kier alpha value is -0.610. The molecule has 4 heteroatoms. The zero-order valence-corrected chi connectivity index (χ0v) is 6.50. The van der Waals surface area contributed by atoms with Crippen molar-refractivity contribution in [1.29, 1.82) is 0 Å². The van der Waals surface area contributed by atoms with Gasteiger partial charge in [-0.25, -0.2) is 0 Å². The first kappa shape index (κ1) is 9.39. The van der Waals surface area contributed by atoms with Gasteiger partial charge < -0.3 is 11.5 Å². The maximum Gasteiger partial charge on any atom is 0.249 e. The second kappa shape index (κ2) is 4.24. The molecule has 1 amide bonds. The van der Waals surface area contributed by atoms with Crippen molar-refractivity contribution in [1.82, 2.24) is 4.90 Å². The highest BCUT2D eigenvalue weighted by Gasteiger charge is 2.14. The topological polar surface area (TPSA) is 72.3 Å². The molecule has 0 bridgehead atoms. The van der Waals surface area contributed by atoms with Crippen molar-refractivity contribution < 1.29 is 4.79 Å². The van der Waals surface area contributed by atoms with Gasteiger partial charge in [-0.15, -0.1) is 0 Å². The van der Waals surface area contributed by atoms with Crippen LogP contribution in [0.3, 0.4) is 0 Å². The second-order valence-electron chi connectivity index (χ2n) is 2.07. The van der Waals surface area contributed by atoms with E-state index >= 15 is 0 Å². The number of carbonyl (C=O) groups is 1. The fraction of sp³-hybridized carbons (Fsp3) is 0.833. The monoisotopic (exact) mass is 145 g/mol. The molecular formula is C6H15N3O. The van der Waals surface area contributed by atoms with E-state index in [-0.39, 0.29) is 0 Å². The van der Waals surface area contributed by atoms with E-state index in [4.69, 9.17) is 11.5 Å². The summed E-state index contributed by atoms with van der Waals surface area (Å²) < 4.78 is 0. The van der Waals surface area contributed by atoms with Crippen LogP contribution in [0.15, 0.2) is 0 Å². The summed E-state index contributed by atoms with van der Waals surface area (Å²) in [6, 6.07) is 0. The molecule has 0 radical (unpaired) electrons. The summed E-state index contributed by atoms with van der Waals surface area (Å²) in [5, 5.41) is 0. The molecule has 0 saturated carbocycles. The summed E-state index contributed by atoms with van der Waals surface area (Å²) in [6.45, 7) is 5.37. The minimum Gasteiger partial charge on any atom is -0.367 e. The molecule has 0 heterocycles. The third-order valence-electron chi connectivity index (χ3n) is 1.50. The molecule has 10 heavy (non-hydrogen) atoms. The quantitative estimate of drug-likeness (QED) is 0.503. The molecule has 0 aliphatic rings. The second-order valence-corrected chi connectivity index (χ2v) is 2.07. The zero-order chi connectivity index (χ0) is 8.15. The van der Waals surface area contributed by atoms with Gasteiger partial charge in [-0.05, 0) is 13.1 Å². The molecule has 0 aliphatic carbocycles. The lowest BCUT2D eigenvalue weighted by atomic mass is 10.4. The summed E-state index contributed by atoms with van der Waals surface area (Å²) in [5.74, 6) is -0.469. The molecule has 1 unspecified atom stereocenters. The van der Waals surface area contributed by atoms with Crippen molar-refractivity contribution in [2.75, 3.05) is 13.1 Å². The van der Waals surface area contributed by atoms with Gasteiger partial charge in [0.1, 0.15) is 6.17 Å². The summed E-state index contributed by atoms with van der Waals surface area (Å²) in [7, 11) is 0. The van der Waals surface area contributed by atoms with Crippen LogP contribution in [0.1, 0.15) is 13.8 Å². The third kappa shape index (κ3) is 2.33. The first-order valence-corrected chi connectivity index (χ1v) is 3.42. The van der Waals surface area contributed by atoms with Crippen LogP contribution in [-0.2, 0) is 4.79 Å². The smallest absolute Gasteiger partial charge is 0.249 e. The van der Waals surface area contributed by atoms with Crippen molar-refractivity contribution in [3.05, 3.63) is 0 Å². The molecule has 60 valence electrons. The molecule has 4 N–H and O–H groups in total. The fourth-order valence-corrected chi connectivity index (χ4v) is 0.797. The Morgan fingerprint density at radius 1 is 1.50 bits per heavy atom. The van der Waals surface area contributed by atoms with Crippen molar-refractivity contribution in [2.45, 2.75) is 20.0 Å². The Bertz CT molecular complexity index is 112. The van der Waals surface area contributed by atoms with Crippen LogP contribution in [0.25, 0.3) is 0 Å². The van der Waals surface area contributed by atoms with Crippen LogP contribution in [0.2, 0.25) is 0 Å². The Balaban J connectivity index is 3.88. The molecule has 0 fully saturated rings. The minimum absolute atomic E-state index is 0.469. The minimum atomic E-state index is -0.630. The van der Waals surface area contributed by atoms with Crippen molar-refractivity contribution in [2.24, 2.45) is 11.5 Å². The SMILES string of the molecule is CCN(CC)C(N)C(N)=O. The van der Waals surface area contributed by atoms with E-state index in [1.165, 1.54) is 0 Å². The average molecular weight is 145 g/mol. The van der Waals surface area contributed by atoms with Gasteiger partial charge >= 0.3 is 0 Å². The molecule has 1 atom stereocenters. The van der Waals surface area contributed by atoms with Crippen LogP contribution >= 0.6 is 0 Å². The number of primary amides is 1. The molecular weight excluding hydrogens is 130 g/mol. The lowest BCUT2D eigenvalue weighted by molar-refractivity contribution is -0.122. The molecule has 0 aliphatic heterocycles. The highest BCUT2D eigenvalue weighted by atomic mass is 16.1. The lowest BCUT2D eigenvalue weighted by Gasteiger charge is -2.22. The molecule has 0 rings (SSSR count). The summed E-state index contributed by atoms with van der Waals surface area (Å²) in [4.78, 5) is 12.3. The Labute approximate surface area is 61.2 Å². The van der Waals surface area contributed by atoms with Crippen LogP contribution < -0.4 is 11.5 Å². The van der Waals surface area contributed by atoms with Crippen molar-refractivity contribution in [3.8, 4) is 0 Å². The van der Waals surface area contributed by atoms with E-state index in [1.807, 2.05) is 13.8 Å². The number of hydrogen-bond acceptors (Lipinski definition) is 3. The average Bonchev–Trinajstić information content (AvgIpc) is 1.90. The largest absolute Gasteiger partial charge is 0.367 e. The Morgan fingerprint density at radius 2 is 1.90 bits per heavy atom. The number of likely N-dealkylation sites (N-methyl/N-ethyl adjacent to an activating group) is 1. The first-order chi connectivity index (χ1) is 4.63. The van der Waals surface area contributed by atoms with Gasteiger partial charge in [0.25, 0.3) is 0 Å². The van der Waals surface area contributed by atoms with E-state index in [1.54, 1.807) is 4.90 Å². The van der Waals surface area contributed by atoms with Gasteiger partial charge in [0.05, 0.1) is 0 Å². The number of carbonyl (C=O) groups excluding carboxylic acids is 1. The summed E-state index contributed by atoms with van der Waals surface area (Å²) in [5.41, 5.74) is 10.4. The van der Waals surface area contributed by atoms with E-state index in [0.717, 1.165) is 13.1 Å². The van der Waals surface area contributed by atoms with E-state index < -0.39 is 12.1 Å². The van der Waals surface area contributed by atoms with E-state index in [0.29, 0.717) is 0 Å². The molecule has 0 spiro atoms. The highest BCUT2D eigenvalue weighted by Crippen LogP contribution is 1.89. The maximum absolute atomic E-state index is 10.5. The number of nitrogens with two attached hydrogens (primary N) is 2. The highest BCUT2D eigenvalue weighted by molar-refractivity contribution is 5.79. The molecule has 0 aromatic heterocycles. The van der Waals surface area contributed by atoms with E-state index in [9.17, 15) is 4.79 Å². The lowest BCUT2D eigenvalue weighted by Crippen LogP contribution is -2.50.